The van der Waals surface area contributed by atoms with Crippen molar-refractivity contribution >= 4 is 28.9 Å². The summed E-state index contributed by atoms with van der Waals surface area (Å²) in [6, 6.07) is 8.29. The van der Waals surface area contributed by atoms with Crippen LogP contribution in [-0.4, -0.2) is 89.5 Å². The van der Waals surface area contributed by atoms with E-state index in [2.05, 4.69) is 29.2 Å². The van der Waals surface area contributed by atoms with Crippen LogP contribution in [0.25, 0.3) is 0 Å². The summed E-state index contributed by atoms with van der Waals surface area (Å²) >= 11 is 11.7. The van der Waals surface area contributed by atoms with Crippen molar-refractivity contribution in [3.8, 4) is 0 Å². The Bertz CT molecular complexity index is 589. The molecule has 9 heteroatoms. The minimum atomic E-state index is -1.28. The normalized spacial score (nSPS) is 27.4. The number of rotatable bonds is 11. The fourth-order valence-electron chi connectivity index (χ4n) is 3.48. The van der Waals surface area contributed by atoms with Crippen molar-refractivity contribution < 1.29 is 24.9 Å². The number of nitrogens with zero attached hydrogens (tertiary/aromatic N) is 2. The Balaban J connectivity index is 1.89. The van der Waals surface area contributed by atoms with Gasteiger partial charge in [0.1, 0.15) is 18.3 Å². The molecular weight excluding hydrogens is 419 g/mol. The Morgan fingerprint density at radius 2 is 1.59 bits per heavy atom. The summed E-state index contributed by atoms with van der Waals surface area (Å²) in [4.78, 5) is 7.51. The molecule has 29 heavy (non-hydrogen) atoms. The van der Waals surface area contributed by atoms with E-state index >= 15 is 0 Å². The fraction of sp³-hybridized carbons (Fsp3) is 0.700. The molecular formula is C20H32Cl2N2O5. The lowest BCUT2D eigenvalue weighted by molar-refractivity contribution is -0.322. The minimum Gasteiger partial charge on any atom is -0.388 e. The van der Waals surface area contributed by atoms with Gasteiger partial charge in [-0.05, 0) is 37.5 Å². The second-order valence-electron chi connectivity index (χ2n) is 7.16. The van der Waals surface area contributed by atoms with Gasteiger partial charge in [0, 0.05) is 37.1 Å². The molecule has 1 aromatic carbocycles. The van der Waals surface area contributed by atoms with Gasteiger partial charge in [-0.3, -0.25) is 4.84 Å². The lowest BCUT2D eigenvalue weighted by Crippen LogP contribution is -2.61. The molecule has 1 heterocycles. The van der Waals surface area contributed by atoms with Gasteiger partial charge in [0.2, 0.25) is 0 Å². The third kappa shape index (κ3) is 6.67. The van der Waals surface area contributed by atoms with Gasteiger partial charge >= 0.3 is 0 Å². The summed E-state index contributed by atoms with van der Waals surface area (Å²) in [5.41, 5.74) is 2.27. The molecule has 0 aliphatic carbocycles. The standard InChI is InChI=1S/C20H32Cl2N2O5/c1-14-17(25)18(26)19(27)20(29-14)24(28-2)11-3-4-15-5-7-16(8-6-15)23(12-9-21)13-10-22/h5-8,14,17-20,25-27H,3-4,9-13H2,1-2H3/t14-,17+,18+,19-,20?/m1/s1. The van der Waals surface area contributed by atoms with Crippen LogP contribution in [0.15, 0.2) is 24.3 Å². The minimum absolute atomic E-state index is 0.500. The van der Waals surface area contributed by atoms with E-state index in [1.807, 2.05) is 0 Å². The van der Waals surface area contributed by atoms with Crippen LogP contribution in [-0.2, 0) is 16.0 Å². The summed E-state index contributed by atoms with van der Waals surface area (Å²) in [6.07, 6.45) is -3.53. The third-order valence-electron chi connectivity index (χ3n) is 5.20. The maximum Gasteiger partial charge on any atom is 0.161 e. The van der Waals surface area contributed by atoms with E-state index in [9.17, 15) is 15.3 Å². The van der Waals surface area contributed by atoms with Gasteiger partial charge in [-0.2, -0.15) is 5.06 Å². The van der Waals surface area contributed by atoms with Gasteiger partial charge < -0.3 is 25.0 Å². The molecule has 3 N–H and O–H groups in total. The Labute approximate surface area is 182 Å². The molecule has 1 unspecified atom stereocenters. The highest BCUT2D eigenvalue weighted by atomic mass is 35.5. The largest absolute Gasteiger partial charge is 0.388 e. The number of aliphatic hydroxyl groups excluding tert-OH is 3. The first-order valence-corrected chi connectivity index (χ1v) is 11.0. The van der Waals surface area contributed by atoms with Crippen molar-refractivity contribution in [3.05, 3.63) is 29.8 Å². The number of anilines is 1. The first-order chi connectivity index (χ1) is 13.9. The van der Waals surface area contributed by atoms with Gasteiger partial charge in [0.15, 0.2) is 6.23 Å². The van der Waals surface area contributed by atoms with Crippen molar-refractivity contribution in [3.63, 3.8) is 0 Å². The van der Waals surface area contributed by atoms with Crippen molar-refractivity contribution in [1.82, 2.24) is 5.06 Å². The maximum atomic E-state index is 10.2. The zero-order valence-electron chi connectivity index (χ0n) is 17.0. The number of hydrogen-bond acceptors (Lipinski definition) is 7. The summed E-state index contributed by atoms with van der Waals surface area (Å²) in [5, 5.41) is 31.6. The Morgan fingerprint density at radius 3 is 2.14 bits per heavy atom. The Kier molecular flexibility index (Phi) is 10.4. The molecule has 5 atom stereocenters. The zero-order chi connectivity index (χ0) is 21.4. The lowest BCUT2D eigenvalue weighted by Gasteiger charge is -2.43. The van der Waals surface area contributed by atoms with Crippen molar-refractivity contribution in [2.75, 3.05) is 43.4 Å². The Hall–Kier alpha value is -0.640. The van der Waals surface area contributed by atoms with Crippen LogP contribution in [0.3, 0.4) is 0 Å². The molecule has 1 aromatic rings. The summed E-state index contributed by atoms with van der Waals surface area (Å²) in [7, 11) is 1.50. The molecule has 0 bridgehead atoms. The summed E-state index contributed by atoms with van der Waals surface area (Å²) in [6.45, 7) is 3.65. The smallest absolute Gasteiger partial charge is 0.161 e. The molecule has 7 nitrogen and oxygen atoms in total. The monoisotopic (exact) mass is 450 g/mol. The topological polar surface area (TPSA) is 85.6 Å². The highest BCUT2D eigenvalue weighted by Gasteiger charge is 2.44. The van der Waals surface area contributed by atoms with Crippen molar-refractivity contribution in [2.45, 2.75) is 50.4 Å². The number of benzene rings is 1. The lowest BCUT2D eigenvalue weighted by atomic mass is 9.99. The molecule has 0 amide bonds. The number of ether oxygens (including phenoxy) is 1. The molecule has 0 aromatic heterocycles. The number of hydroxylamine groups is 2. The quantitative estimate of drug-likeness (QED) is 0.348. The molecule has 1 fully saturated rings. The van der Waals surface area contributed by atoms with Crippen LogP contribution in [0.5, 0.6) is 0 Å². The molecule has 2 rings (SSSR count). The van der Waals surface area contributed by atoms with E-state index < -0.39 is 30.6 Å². The van der Waals surface area contributed by atoms with Crippen LogP contribution in [0.4, 0.5) is 5.69 Å². The average Bonchev–Trinajstić information content (AvgIpc) is 2.73. The second-order valence-corrected chi connectivity index (χ2v) is 7.92. The first kappa shape index (κ1) is 24.6. The van der Waals surface area contributed by atoms with E-state index in [1.54, 1.807) is 6.92 Å². The van der Waals surface area contributed by atoms with E-state index in [0.717, 1.165) is 31.6 Å². The number of alkyl halides is 2. The molecule has 1 aliphatic heterocycles. The molecule has 1 aliphatic rings. The van der Waals surface area contributed by atoms with Gasteiger partial charge in [0.25, 0.3) is 0 Å². The van der Waals surface area contributed by atoms with Gasteiger partial charge in [-0.15, -0.1) is 23.2 Å². The summed E-state index contributed by atoms with van der Waals surface area (Å²) < 4.78 is 5.64. The maximum absolute atomic E-state index is 10.2. The zero-order valence-corrected chi connectivity index (χ0v) is 18.5. The number of aryl methyl sites for hydroxylation is 1. The molecule has 0 saturated carbocycles. The highest BCUT2D eigenvalue weighted by Crippen LogP contribution is 2.24. The van der Waals surface area contributed by atoms with Gasteiger partial charge in [-0.25, -0.2) is 0 Å². The third-order valence-corrected chi connectivity index (χ3v) is 5.54. The molecule has 0 radical (unpaired) electrons. The van der Waals surface area contributed by atoms with E-state index in [1.165, 1.54) is 17.7 Å². The van der Waals surface area contributed by atoms with Gasteiger partial charge in [0.05, 0.1) is 13.2 Å². The van der Waals surface area contributed by atoms with Crippen LogP contribution < -0.4 is 4.90 Å². The highest BCUT2D eigenvalue weighted by molar-refractivity contribution is 6.18. The number of aliphatic hydroxyl groups is 3. The second kappa shape index (κ2) is 12.3. The van der Waals surface area contributed by atoms with Crippen LogP contribution in [0.2, 0.25) is 0 Å². The molecule has 166 valence electrons. The summed E-state index contributed by atoms with van der Waals surface area (Å²) in [5.74, 6) is 1.09. The predicted octanol–water partition coefficient (Wildman–Crippen LogP) is 1.59. The van der Waals surface area contributed by atoms with E-state index in [-0.39, 0.29) is 0 Å². The van der Waals surface area contributed by atoms with E-state index in [0.29, 0.717) is 18.3 Å². The predicted molar refractivity (Wildman–Crippen MR) is 114 cm³/mol. The van der Waals surface area contributed by atoms with Crippen LogP contribution in [0.1, 0.15) is 18.9 Å². The van der Waals surface area contributed by atoms with Crippen LogP contribution >= 0.6 is 23.2 Å². The van der Waals surface area contributed by atoms with E-state index in [4.69, 9.17) is 32.8 Å². The van der Waals surface area contributed by atoms with Crippen molar-refractivity contribution in [2.24, 2.45) is 0 Å². The van der Waals surface area contributed by atoms with Crippen molar-refractivity contribution in [1.29, 1.82) is 0 Å². The van der Waals surface area contributed by atoms with Gasteiger partial charge in [-0.1, -0.05) is 12.1 Å². The molecule has 0 spiro atoms. The van der Waals surface area contributed by atoms with Crippen LogP contribution in [0, 0.1) is 0 Å². The fourth-order valence-corrected chi connectivity index (χ4v) is 3.88. The number of hydrogen-bond donors (Lipinski definition) is 3. The number of halogens is 2. The average molecular weight is 451 g/mol. The first-order valence-electron chi connectivity index (χ1n) is 9.89. The molecule has 1 saturated heterocycles. The Morgan fingerprint density at radius 1 is 0.966 bits per heavy atom. The SMILES string of the molecule is CON(CCCc1ccc(N(CCCl)CCCl)cc1)C1O[C@H](C)[C@H](O)[C@H](O)[C@H]1O.